The molecule has 1 aromatic rings. The molecule has 0 radical (unpaired) electrons. The van der Waals surface area contributed by atoms with Crippen molar-refractivity contribution in [1.29, 1.82) is 0 Å². The smallest absolute Gasteiger partial charge is 0.293 e. The molecule has 0 bridgehead atoms. The molecule has 1 heterocycles. The Morgan fingerprint density at radius 1 is 1.64 bits per heavy atom. The van der Waals surface area contributed by atoms with Crippen LogP contribution in [-0.2, 0) is 0 Å². The van der Waals surface area contributed by atoms with Gasteiger partial charge in [-0.3, -0.25) is 14.6 Å². The fraction of sp³-hybridized carbons (Fsp3) is 0.500. The number of carbonyl (C=O) groups excluding carboxylic acids is 1. The Morgan fingerprint density at radius 3 is 2.64 bits per heavy atom. The van der Waals surface area contributed by atoms with Gasteiger partial charge >= 0.3 is 4.87 Å². The number of H-pyrrole nitrogens is 1. The second-order valence-corrected chi connectivity index (χ2v) is 3.20. The Morgan fingerprint density at radius 2 is 2.27 bits per heavy atom. The van der Waals surface area contributed by atoms with Gasteiger partial charge in [-0.1, -0.05) is 13.8 Å². The van der Waals surface area contributed by atoms with E-state index in [4.69, 9.17) is 0 Å². The number of hydrogen-bond acceptors (Lipinski definition) is 4. The van der Waals surface area contributed by atoms with Crippen molar-refractivity contribution in [3.63, 3.8) is 0 Å². The molecule has 0 atom stereocenters. The third-order valence-electron chi connectivity index (χ3n) is 1.20. The summed E-state index contributed by atoms with van der Waals surface area (Å²) >= 11 is 0.768. The molecule has 0 spiro atoms. The first-order chi connectivity index (χ1) is 5.11. The second kappa shape index (κ2) is 2.96. The molecule has 0 aliphatic carbocycles. The van der Waals surface area contributed by atoms with E-state index in [1.807, 2.05) is 0 Å². The van der Waals surface area contributed by atoms with Crippen molar-refractivity contribution in [2.24, 2.45) is 5.92 Å². The van der Waals surface area contributed by atoms with Crippen LogP contribution in [0.3, 0.4) is 0 Å². The zero-order chi connectivity index (χ0) is 8.43. The van der Waals surface area contributed by atoms with Crippen molar-refractivity contribution in [3.8, 4) is 0 Å². The maximum absolute atomic E-state index is 11.1. The first-order valence-electron chi connectivity index (χ1n) is 3.21. The molecule has 0 aliphatic heterocycles. The Bertz CT molecular complexity index is 312. The van der Waals surface area contributed by atoms with Crippen molar-refractivity contribution in [3.05, 3.63) is 15.5 Å². The molecule has 4 nitrogen and oxygen atoms in total. The van der Waals surface area contributed by atoms with Crippen LogP contribution in [0.4, 0.5) is 0 Å². The predicted molar refractivity (Wildman–Crippen MR) is 41.9 cm³/mol. The first-order valence-corrected chi connectivity index (χ1v) is 3.99. The minimum absolute atomic E-state index is 0.118. The molecule has 5 heteroatoms. The number of Topliss-reactive ketones (excluding diaryl/α,β-unsaturated/α-hetero) is 1. The number of carbonyl (C=O) groups is 1. The van der Waals surface area contributed by atoms with E-state index in [0.717, 1.165) is 11.5 Å². The van der Waals surface area contributed by atoms with Gasteiger partial charge in [-0.25, -0.2) is 0 Å². The van der Waals surface area contributed by atoms with Gasteiger partial charge in [0.25, 0.3) is 0 Å². The molecule has 11 heavy (non-hydrogen) atoms. The molecule has 0 unspecified atom stereocenters. The number of rotatable bonds is 2. The molecule has 1 aromatic heterocycles. The van der Waals surface area contributed by atoms with Gasteiger partial charge in [0.05, 0.1) is 0 Å². The van der Waals surface area contributed by atoms with E-state index in [1.54, 1.807) is 13.8 Å². The minimum atomic E-state index is -0.283. The van der Waals surface area contributed by atoms with E-state index in [9.17, 15) is 9.59 Å². The highest BCUT2D eigenvalue weighted by Gasteiger charge is 2.13. The zero-order valence-electron chi connectivity index (χ0n) is 6.25. The van der Waals surface area contributed by atoms with E-state index in [1.165, 1.54) is 0 Å². The fourth-order valence-electron chi connectivity index (χ4n) is 0.609. The average molecular weight is 172 g/mol. The van der Waals surface area contributed by atoms with E-state index in [2.05, 4.69) is 9.36 Å². The van der Waals surface area contributed by atoms with E-state index in [-0.39, 0.29) is 22.4 Å². The van der Waals surface area contributed by atoms with Crippen molar-refractivity contribution in [2.75, 3.05) is 0 Å². The SMILES string of the molecule is CC(C)C(=O)c1nsc(=O)[nH]1. The highest BCUT2D eigenvalue weighted by molar-refractivity contribution is 7.02. The Balaban J connectivity index is 2.94. The highest BCUT2D eigenvalue weighted by Crippen LogP contribution is 2.01. The van der Waals surface area contributed by atoms with E-state index in [0.29, 0.717) is 0 Å². The number of ketones is 1. The van der Waals surface area contributed by atoms with Crippen LogP contribution >= 0.6 is 11.5 Å². The summed E-state index contributed by atoms with van der Waals surface area (Å²) in [6.45, 7) is 3.53. The van der Waals surface area contributed by atoms with Crippen molar-refractivity contribution in [2.45, 2.75) is 13.8 Å². The molecular weight excluding hydrogens is 164 g/mol. The molecule has 60 valence electrons. The predicted octanol–water partition coefficient (Wildman–Crippen LogP) is 0.670. The number of nitrogens with zero attached hydrogens (tertiary/aromatic N) is 1. The van der Waals surface area contributed by atoms with Gasteiger partial charge < -0.3 is 0 Å². The maximum atomic E-state index is 11.1. The van der Waals surface area contributed by atoms with Crippen LogP contribution in [0.1, 0.15) is 24.5 Å². The van der Waals surface area contributed by atoms with Crippen molar-refractivity contribution < 1.29 is 4.79 Å². The topological polar surface area (TPSA) is 62.8 Å². The quantitative estimate of drug-likeness (QED) is 0.667. The number of aromatic nitrogens is 2. The van der Waals surface area contributed by atoms with Crippen LogP contribution in [0.25, 0.3) is 0 Å². The normalized spacial score (nSPS) is 10.5. The minimum Gasteiger partial charge on any atom is -0.293 e. The Kier molecular flexibility index (Phi) is 2.19. The first kappa shape index (κ1) is 8.13. The molecule has 1 rings (SSSR count). The third-order valence-corrected chi connectivity index (χ3v) is 1.74. The number of hydrogen-bond donors (Lipinski definition) is 1. The Hall–Kier alpha value is -0.970. The average Bonchev–Trinajstić information content (AvgIpc) is 2.34. The summed E-state index contributed by atoms with van der Waals surface area (Å²) in [6, 6.07) is 0. The van der Waals surface area contributed by atoms with Gasteiger partial charge in [-0.15, -0.1) is 0 Å². The molecule has 0 amide bonds. The van der Waals surface area contributed by atoms with Crippen LogP contribution in [0.15, 0.2) is 4.79 Å². The van der Waals surface area contributed by atoms with Crippen LogP contribution in [0, 0.1) is 5.92 Å². The van der Waals surface area contributed by atoms with Gasteiger partial charge in [-0.05, 0) is 0 Å². The monoisotopic (exact) mass is 172 g/mol. The molecule has 0 aromatic carbocycles. The lowest BCUT2D eigenvalue weighted by molar-refractivity contribution is 0.0930. The Labute approximate surface area is 67.4 Å². The van der Waals surface area contributed by atoms with E-state index < -0.39 is 0 Å². The third kappa shape index (κ3) is 1.74. The van der Waals surface area contributed by atoms with Crippen molar-refractivity contribution >= 4 is 17.3 Å². The highest BCUT2D eigenvalue weighted by atomic mass is 32.1. The maximum Gasteiger partial charge on any atom is 0.323 e. The molecule has 0 saturated carbocycles. The van der Waals surface area contributed by atoms with Gasteiger partial charge in [0, 0.05) is 17.5 Å². The number of aromatic amines is 1. The summed E-state index contributed by atoms with van der Waals surface area (Å²) in [4.78, 5) is 23.8. The van der Waals surface area contributed by atoms with E-state index >= 15 is 0 Å². The summed E-state index contributed by atoms with van der Waals surface area (Å²) < 4.78 is 3.66. The standard InChI is InChI=1S/C6H8N2O2S/c1-3(2)4(9)5-7-6(10)11-8-5/h3H,1-2H3,(H,7,8,10). The second-order valence-electron chi connectivity index (χ2n) is 2.46. The fourth-order valence-corrected chi connectivity index (χ4v) is 1.06. The van der Waals surface area contributed by atoms with Gasteiger partial charge in [0.15, 0.2) is 5.82 Å². The molecule has 1 N–H and O–H groups in total. The van der Waals surface area contributed by atoms with Gasteiger partial charge in [-0.2, -0.15) is 4.37 Å². The summed E-state index contributed by atoms with van der Waals surface area (Å²) in [6.07, 6.45) is 0. The van der Waals surface area contributed by atoms with Crippen LogP contribution in [0.2, 0.25) is 0 Å². The number of nitrogens with one attached hydrogen (secondary N) is 1. The summed E-state index contributed by atoms with van der Waals surface area (Å²) in [5.74, 6) is -0.0638. The lowest BCUT2D eigenvalue weighted by Crippen LogP contribution is -2.10. The lowest BCUT2D eigenvalue weighted by Gasteiger charge is -1.96. The summed E-state index contributed by atoms with van der Waals surface area (Å²) in [5, 5.41) is 0. The van der Waals surface area contributed by atoms with Crippen molar-refractivity contribution in [1.82, 2.24) is 9.36 Å². The van der Waals surface area contributed by atoms with Crippen LogP contribution in [0.5, 0.6) is 0 Å². The summed E-state index contributed by atoms with van der Waals surface area (Å²) in [5.41, 5.74) is 0. The van der Waals surface area contributed by atoms with Crippen LogP contribution < -0.4 is 4.87 Å². The summed E-state index contributed by atoms with van der Waals surface area (Å²) in [7, 11) is 0. The zero-order valence-corrected chi connectivity index (χ0v) is 7.07. The van der Waals surface area contributed by atoms with Gasteiger partial charge in [0.2, 0.25) is 5.78 Å². The molecule has 0 fully saturated rings. The molecule has 0 aliphatic rings. The molecular formula is C6H8N2O2S. The van der Waals surface area contributed by atoms with Crippen LogP contribution in [-0.4, -0.2) is 15.1 Å². The lowest BCUT2D eigenvalue weighted by atomic mass is 10.1. The molecule has 0 saturated heterocycles. The van der Waals surface area contributed by atoms with Gasteiger partial charge in [0.1, 0.15) is 0 Å². The largest absolute Gasteiger partial charge is 0.323 e.